The van der Waals surface area contributed by atoms with Gasteiger partial charge in [0.05, 0.1) is 30.1 Å². The Balaban J connectivity index is 2.22. The van der Waals surface area contributed by atoms with Gasteiger partial charge in [0.2, 0.25) is 0 Å². The van der Waals surface area contributed by atoms with Gasteiger partial charge in [-0.15, -0.1) is 0 Å². The molecule has 3 rings (SSSR count). The third kappa shape index (κ3) is 2.12. The highest BCUT2D eigenvalue weighted by Crippen LogP contribution is 2.34. The van der Waals surface area contributed by atoms with Gasteiger partial charge in [0.25, 0.3) is 0 Å². The van der Waals surface area contributed by atoms with Crippen LogP contribution in [0.2, 0.25) is 0 Å². The molecular formula is C14H10F3N3O2. The molecule has 22 heavy (non-hydrogen) atoms. The SMILES string of the molecule is COC(=O)C1=C(c2c(F)ccc(F)c2F)Nc2[nH]ncc2C1. The zero-order valence-corrected chi connectivity index (χ0v) is 11.3. The first-order valence-electron chi connectivity index (χ1n) is 6.27. The van der Waals surface area contributed by atoms with Gasteiger partial charge in [0.15, 0.2) is 11.6 Å². The van der Waals surface area contributed by atoms with Crippen molar-refractivity contribution < 1.29 is 22.7 Å². The zero-order valence-electron chi connectivity index (χ0n) is 11.3. The normalized spacial score (nSPS) is 13.6. The Hall–Kier alpha value is -2.77. The number of carbonyl (C=O) groups excluding carboxylic acids is 1. The maximum absolute atomic E-state index is 14.0. The lowest BCUT2D eigenvalue weighted by atomic mass is 9.96. The van der Waals surface area contributed by atoms with Crippen LogP contribution in [0.4, 0.5) is 19.0 Å². The summed E-state index contributed by atoms with van der Waals surface area (Å²) in [6, 6.07) is 1.47. The second-order valence-corrected chi connectivity index (χ2v) is 4.64. The molecule has 2 heterocycles. The number of aromatic amines is 1. The molecule has 0 atom stereocenters. The van der Waals surface area contributed by atoms with Crippen molar-refractivity contribution in [3.05, 3.63) is 52.5 Å². The van der Waals surface area contributed by atoms with Crippen LogP contribution in [-0.2, 0) is 16.0 Å². The second kappa shape index (κ2) is 5.21. The molecule has 0 amide bonds. The number of carbonyl (C=O) groups is 1. The van der Waals surface area contributed by atoms with Gasteiger partial charge in [-0.2, -0.15) is 5.10 Å². The molecule has 1 aliphatic rings. The number of methoxy groups -OCH3 is 1. The maximum Gasteiger partial charge on any atom is 0.336 e. The number of hydrogen-bond donors (Lipinski definition) is 2. The third-order valence-electron chi connectivity index (χ3n) is 3.36. The first-order chi connectivity index (χ1) is 10.5. The topological polar surface area (TPSA) is 67.0 Å². The van der Waals surface area contributed by atoms with E-state index in [2.05, 4.69) is 20.3 Å². The van der Waals surface area contributed by atoms with E-state index in [1.165, 1.54) is 6.20 Å². The average molecular weight is 309 g/mol. The molecule has 0 aliphatic carbocycles. The average Bonchev–Trinajstić information content (AvgIpc) is 2.97. The minimum atomic E-state index is -1.38. The molecule has 0 radical (unpaired) electrons. The van der Waals surface area contributed by atoms with Crippen LogP contribution >= 0.6 is 0 Å². The monoisotopic (exact) mass is 309 g/mol. The zero-order chi connectivity index (χ0) is 15.9. The summed E-state index contributed by atoms with van der Waals surface area (Å²) in [5, 5.41) is 9.07. The highest BCUT2D eigenvalue weighted by molar-refractivity contribution is 6.02. The molecule has 0 saturated carbocycles. The quantitative estimate of drug-likeness (QED) is 0.660. The number of nitrogens with one attached hydrogen (secondary N) is 2. The first-order valence-corrected chi connectivity index (χ1v) is 6.27. The summed E-state index contributed by atoms with van der Waals surface area (Å²) in [6.07, 6.45) is 1.52. The smallest absolute Gasteiger partial charge is 0.336 e. The van der Waals surface area contributed by atoms with E-state index in [9.17, 15) is 18.0 Å². The number of nitrogens with zero attached hydrogens (tertiary/aromatic N) is 1. The molecule has 2 N–H and O–H groups in total. The highest BCUT2D eigenvalue weighted by atomic mass is 19.2. The predicted molar refractivity (Wildman–Crippen MR) is 71.2 cm³/mol. The molecule has 0 bridgehead atoms. The summed E-state index contributed by atoms with van der Waals surface area (Å²) in [5.74, 6) is -3.98. The van der Waals surface area contributed by atoms with Gasteiger partial charge in [0.1, 0.15) is 11.6 Å². The molecule has 1 aromatic carbocycles. The number of ether oxygens (including phenoxy) is 1. The van der Waals surface area contributed by atoms with Crippen molar-refractivity contribution in [2.75, 3.05) is 12.4 Å². The Labute approximate surface area is 122 Å². The molecule has 0 spiro atoms. The number of benzene rings is 1. The Morgan fingerprint density at radius 3 is 2.73 bits per heavy atom. The number of H-pyrrole nitrogens is 1. The molecule has 0 unspecified atom stereocenters. The van der Waals surface area contributed by atoms with Crippen molar-refractivity contribution in [2.45, 2.75) is 6.42 Å². The second-order valence-electron chi connectivity index (χ2n) is 4.64. The van der Waals surface area contributed by atoms with E-state index < -0.39 is 29.0 Å². The van der Waals surface area contributed by atoms with Crippen LogP contribution in [-0.4, -0.2) is 23.3 Å². The summed E-state index contributed by atoms with van der Waals surface area (Å²) in [5.41, 5.74) is -0.222. The Morgan fingerprint density at radius 2 is 2.00 bits per heavy atom. The molecule has 114 valence electrons. The Bertz CT molecular complexity index is 799. The van der Waals surface area contributed by atoms with Crippen LogP contribution in [0.1, 0.15) is 11.1 Å². The summed E-state index contributed by atoms with van der Waals surface area (Å²) in [7, 11) is 1.15. The number of anilines is 1. The van der Waals surface area contributed by atoms with E-state index in [1.54, 1.807) is 0 Å². The molecule has 1 aliphatic heterocycles. The van der Waals surface area contributed by atoms with Gasteiger partial charge in [-0.05, 0) is 12.1 Å². The molecule has 1 aromatic heterocycles. The molecule has 5 nitrogen and oxygen atoms in total. The van der Waals surface area contributed by atoms with Crippen molar-refractivity contribution in [3.8, 4) is 0 Å². The summed E-state index contributed by atoms with van der Waals surface area (Å²) < 4.78 is 46.1. The Morgan fingerprint density at radius 1 is 1.27 bits per heavy atom. The number of aromatic nitrogens is 2. The van der Waals surface area contributed by atoms with Crippen molar-refractivity contribution >= 4 is 17.5 Å². The van der Waals surface area contributed by atoms with Crippen LogP contribution in [0, 0.1) is 17.5 Å². The number of halogens is 3. The Kier molecular flexibility index (Phi) is 3.36. The standard InChI is InChI=1S/C14H10F3N3O2/c1-22-14(21)7-4-6-5-18-20-13(6)19-12(7)10-8(15)2-3-9(16)11(10)17/h2-3,5H,4H2,1H3,(H2,18,19,20). The van der Waals surface area contributed by atoms with Crippen LogP contribution in [0.25, 0.3) is 5.70 Å². The maximum atomic E-state index is 14.0. The van der Waals surface area contributed by atoms with Gasteiger partial charge in [-0.1, -0.05) is 0 Å². The lowest BCUT2D eigenvalue weighted by molar-refractivity contribution is -0.136. The fraction of sp³-hybridized carbons (Fsp3) is 0.143. The van der Waals surface area contributed by atoms with Gasteiger partial charge in [-0.3, -0.25) is 5.10 Å². The van der Waals surface area contributed by atoms with Gasteiger partial charge >= 0.3 is 5.97 Å². The van der Waals surface area contributed by atoms with Gasteiger partial charge in [0, 0.05) is 12.0 Å². The van der Waals surface area contributed by atoms with Crippen molar-refractivity contribution in [1.82, 2.24) is 10.2 Å². The summed E-state index contributed by atoms with van der Waals surface area (Å²) >= 11 is 0. The summed E-state index contributed by atoms with van der Waals surface area (Å²) in [4.78, 5) is 11.9. The van der Waals surface area contributed by atoms with Crippen molar-refractivity contribution in [3.63, 3.8) is 0 Å². The minimum absolute atomic E-state index is 0.0141. The number of hydrogen-bond acceptors (Lipinski definition) is 4. The third-order valence-corrected chi connectivity index (χ3v) is 3.36. The van der Waals surface area contributed by atoms with Crippen molar-refractivity contribution in [1.29, 1.82) is 0 Å². The van der Waals surface area contributed by atoms with E-state index in [0.29, 0.717) is 17.4 Å². The van der Waals surface area contributed by atoms with Crippen molar-refractivity contribution in [2.24, 2.45) is 0 Å². The molecule has 0 fully saturated rings. The van der Waals surface area contributed by atoms with Gasteiger partial charge in [-0.25, -0.2) is 18.0 Å². The van der Waals surface area contributed by atoms with E-state index in [0.717, 1.165) is 13.2 Å². The lowest BCUT2D eigenvalue weighted by Crippen LogP contribution is -2.20. The van der Waals surface area contributed by atoms with E-state index >= 15 is 0 Å². The molecule has 8 heteroatoms. The van der Waals surface area contributed by atoms with Crippen LogP contribution in [0.3, 0.4) is 0 Å². The highest BCUT2D eigenvalue weighted by Gasteiger charge is 2.29. The number of esters is 1. The minimum Gasteiger partial charge on any atom is -0.466 e. The fourth-order valence-corrected chi connectivity index (χ4v) is 2.30. The first kappa shape index (κ1) is 14.2. The largest absolute Gasteiger partial charge is 0.466 e. The van der Waals surface area contributed by atoms with E-state index in [4.69, 9.17) is 0 Å². The summed E-state index contributed by atoms with van der Waals surface area (Å²) in [6.45, 7) is 0. The lowest BCUT2D eigenvalue weighted by Gasteiger charge is -2.21. The van der Waals surface area contributed by atoms with Crippen LogP contribution < -0.4 is 5.32 Å². The fourth-order valence-electron chi connectivity index (χ4n) is 2.30. The van der Waals surface area contributed by atoms with E-state index in [1.807, 2.05) is 0 Å². The number of fused-ring (bicyclic) bond motifs is 1. The van der Waals surface area contributed by atoms with E-state index in [-0.39, 0.29) is 17.7 Å². The van der Waals surface area contributed by atoms with Crippen LogP contribution in [0.5, 0.6) is 0 Å². The molecule has 2 aromatic rings. The molecule has 0 saturated heterocycles. The number of rotatable bonds is 2. The van der Waals surface area contributed by atoms with Gasteiger partial charge < -0.3 is 10.1 Å². The molecular weight excluding hydrogens is 299 g/mol. The van der Waals surface area contributed by atoms with Crippen LogP contribution in [0.15, 0.2) is 23.9 Å². The predicted octanol–water partition coefficient (Wildman–Crippen LogP) is 2.38.